The monoisotopic (exact) mass is 610 g/mol. The van der Waals surface area contributed by atoms with Gasteiger partial charge in [-0.1, -0.05) is 30.9 Å². The number of aliphatic hydroxyl groups excluding tert-OH is 1. The van der Waals surface area contributed by atoms with Crippen LogP contribution < -0.4 is 15.8 Å². The second kappa shape index (κ2) is 12.9. The molecule has 41 heavy (non-hydrogen) atoms. The number of esters is 1. The summed E-state index contributed by atoms with van der Waals surface area (Å²) in [7, 11) is -4.14. The number of nitrogens with one attached hydrogen (secondary N) is 1. The van der Waals surface area contributed by atoms with E-state index in [1.807, 2.05) is 10.9 Å². The van der Waals surface area contributed by atoms with Crippen molar-refractivity contribution in [3.8, 4) is 18.1 Å². The fourth-order valence-corrected chi connectivity index (χ4v) is 6.78. The van der Waals surface area contributed by atoms with Gasteiger partial charge < -0.3 is 24.2 Å². The summed E-state index contributed by atoms with van der Waals surface area (Å²) >= 11 is 5.94. The number of carbonyl (C=O) groups is 1. The van der Waals surface area contributed by atoms with Gasteiger partial charge in [-0.05, 0) is 49.9 Å². The number of terminal acetylenes is 1. The van der Waals surface area contributed by atoms with Crippen molar-refractivity contribution in [2.75, 3.05) is 12.8 Å². The molecule has 1 aliphatic heterocycles. The molecule has 0 radical (unpaired) electrons. The quantitative estimate of drug-likeness (QED) is 0.207. The van der Waals surface area contributed by atoms with Crippen LogP contribution in [0.25, 0.3) is 0 Å². The maximum absolute atomic E-state index is 14.0. The number of hydrogen-bond donors (Lipinski definition) is 3. The van der Waals surface area contributed by atoms with Crippen molar-refractivity contribution in [2.24, 2.45) is 5.92 Å². The normalized spacial score (nSPS) is 27.0. The average Bonchev–Trinajstić information content (AvgIpc) is 3.19. The highest BCUT2D eigenvalue weighted by Gasteiger charge is 2.56. The van der Waals surface area contributed by atoms with Crippen LogP contribution in [0.5, 0.6) is 5.75 Å². The standard InChI is InChI=1S/C27H32ClN2O10P/c1-3-27(35)23(32)21(39-25(27)30-14-13-22(31)29-26(30)34)15-37-41(36,40-20-11-9-18(28)10-12-20)16-17(2)24(33)38-19-7-5-4-6-8-19/h1,9-14,17,19,21,23,25,32,35H,4-8,15-16H2,2H3,(H,29,31,34)/t17-,21-,23-,25-,27-,41?/m1/s1. The Morgan fingerprint density at radius 2 is 1.95 bits per heavy atom. The largest absolute Gasteiger partial charge is 0.462 e. The third kappa shape index (κ3) is 7.30. The van der Waals surface area contributed by atoms with Crippen molar-refractivity contribution in [1.82, 2.24) is 9.55 Å². The maximum Gasteiger partial charge on any atom is 0.380 e. The molecule has 2 aliphatic rings. The lowest BCUT2D eigenvalue weighted by Gasteiger charge is -2.27. The summed E-state index contributed by atoms with van der Waals surface area (Å²) in [6, 6.07) is 7.00. The number of benzene rings is 1. The number of halogens is 1. The lowest BCUT2D eigenvalue weighted by Crippen LogP contribution is -2.48. The average molecular weight is 611 g/mol. The number of nitrogens with zero attached hydrogens (tertiary/aromatic N) is 1. The van der Waals surface area contributed by atoms with E-state index in [-0.39, 0.29) is 18.0 Å². The zero-order valence-corrected chi connectivity index (χ0v) is 24.0. The zero-order chi connectivity index (χ0) is 29.8. The Kier molecular flexibility index (Phi) is 9.80. The molecule has 3 N–H and O–H groups in total. The molecular weight excluding hydrogens is 579 g/mol. The van der Waals surface area contributed by atoms with Crippen LogP contribution in [0.4, 0.5) is 0 Å². The van der Waals surface area contributed by atoms with Gasteiger partial charge in [-0.2, -0.15) is 0 Å². The molecular formula is C27H32ClN2O10P. The van der Waals surface area contributed by atoms with E-state index in [9.17, 15) is 29.2 Å². The second-order valence-corrected chi connectivity index (χ2v) is 12.7. The molecule has 1 saturated carbocycles. The molecule has 1 saturated heterocycles. The molecule has 0 amide bonds. The summed E-state index contributed by atoms with van der Waals surface area (Å²) in [6.07, 6.45) is 5.74. The van der Waals surface area contributed by atoms with Gasteiger partial charge >= 0.3 is 19.3 Å². The first-order valence-electron chi connectivity index (χ1n) is 13.2. The van der Waals surface area contributed by atoms with Crippen LogP contribution in [0.15, 0.2) is 46.1 Å². The molecule has 1 aliphatic carbocycles. The predicted molar refractivity (Wildman–Crippen MR) is 148 cm³/mol. The predicted octanol–water partition coefficient (Wildman–Crippen LogP) is 2.61. The highest BCUT2D eigenvalue weighted by atomic mass is 35.5. The highest BCUT2D eigenvalue weighted by molar-refractivity contribution is 7.54. The summed E-state index contributed by atoms with van der Waals surface area (Å²) in [5.74, 6) is 0.767. The molecule has 2 heterocycles. The van der Waals surface area contributed by atoms with Gasteiger partial charge in [-0.3, -0.25) is 23.7 Å². The summed E-state index contributed by atoms with van der Waals surface area (Å²) in [5, 5.41) is 22.3. The molecule has 1 aromatic heterocycles. The van der Waals surface area contributed by atoms with E-state index in [0.717, 1.165) is 48.9 Å². The Hall–Kier alpha value is -2.91. The van der Waals surface area contributed by atoms with E-state index in [4.69, 9.17) is 36.5 Å². The van der Waals surface area contributed by atoms with Crippen LogP contribution >= 0.6 is 19.2 Å². The zero-order valence-electron chi connectivity index (χ0n) is 22.3. The molecule has 0 spiro atoms. The maximum atomic E-state index is 14.0. The Labute approximate surface area is 241 Å². The molecule has 6 atom stereocenters. The summed E-state index contributed by atoms with van der Waals surface area (Å²) < 4.78 is 37.5. The van der Waals surface area contributed by atoms with Gasteiger partial charge in [-0.15, -0.1) is 6.42 Å². The molecule has 4 rings (SSSR count). The minimum Gasteiger partial charge on any atom is -0.462 e. The number of aromatic nitrogens is 2. The van der Waals surface area contributed by atoms with Gasteiger partial charge in [0.15, 0.2) is 11.8 Å². The first-order valence-corrected chi connectivity index (χ1v) is 15.3. The second-order valence-electron chi connectivity index (χ2n) is 10.2. The first-order chi connectivity index (χ1) is 19.4. The highest BCUT2D eigenvalue weighted by Crippen LogP contribution is 2.51. The van der Waals surface area contributed by atoms with E-state index in [1.165, 1.54) is 24.3 Å². The van der Waals surface area contributed by atoms with E-state index in [2.05, 4.69) is 0 Å². The third-order valence-electron chi connectivity index (χ3n) is 7.05. The molecule has 14 heteroatoms. The Balaban J connectivity index is 1.52. The number of carbonyl (C=O) groups excluding carboxylic acids is 1. The fraction of sp³-hybridized carbons (Fsp3) is 0.519. The van der Waals surface area contributed by atoms with E-state index >= 15 is 0 Å². The molecule has 222 valence electrons. The Morgan fingerprint density at radius 1 is 1.27 bits per heavy atom. The number of ether oxygens (including phenoxy) is 2. The van der Waals surface area contributed by atoms with Crippen molar-refractivity contribution in [2.45, 2.75) is 69.2 Å². The van der Waals surface area contributed by atoms with E-state index in [0.29, 0.717) is 5.02 Å². The van der Waals surface area contributed by atoms with Crippen LogP contribution in [0.1, 0.15) is 45.3 Å². The number of aromatic amines is 1. The topological polar surface area (TPSA) is 166 Å². The Morgan fingerprint density at radius 3 is 2.59 bits per heavy atom. The van der Waals surface area contributed by atoms with Gasteiger partial charge in [0.25, 0.3) is 5.56 Å². The number of aliphatic hydroxyl groups is 2. The van der Waals surface area contributed by atoms with Crippen molar-refractivity contribution in [3.05, 3.63) is 62.4 Å². The summed E-state index contributed by atoms with van der Waals surface area (Å²) in [5.41, 5.74) is -4.04. The van der Waals surface area contributed by atoms with E-state index < -0.39 is 61.4 Å². The summed E-state index contributed by atoms with van der Waals surface area (Å²) in [4.78, 5) is 38.7. The van der Waals surface area contributed by atoms with E-state index in [1.54, 1.807) is 6.92 Å². The molecule has 2 aromatic rings. The fourth-order valence-electron chi connectivity index (χ4n) is 4.78. The molecule has 2 fully saturated rings. The molecule has 0 bridgehead atoms. The van der Waals surface area contributed by atoms with Crippen LogP contribution in [0.2, 0.25) is 5.02 Å². The molecule has 1 aromatic carbocycles. The minimum absolute atomic E-state index is 0.149. The number of H-pyrrole nitrogens is 1. The van der Waals surface area contributed by atoms with Gasteiger partial charge in [0, 0.05) is 17.3 Å². The number of rotatable bonds is 10. The van der Waals surface area contributed by atoms with Crippen LogP contribution in [-0.4, -0.2) is 62.4 Å². The lowest BCUT2D eigenvalue weighted by atomic mass is 9.95. The van der Waals surface area contributed by atoms with Gasteiger partial charge in [0.2, 0.25) is 0 Å². The van der Waals surface area contributed by atoms with Crippen LogP contribution in [0.3, 0.4) is 0 Å². The SMILES string of the molecule is C#C[C@@]1(O)[C@H](O)[C@@H](COP(=O)(C[C@@H](C)C(=O)OC2CCCCC2)Oc2ccc(Cl)cc2)O[C@H]1n1ccc(=O)[nH]c1=O. The van der Waals surface area contributed by atoms with Crippen molar-refractivity contribution >= 4 is 25.2 Å². The van der Waals surface area contributed by atoms with Gasteiger partial charge in [0.05, 0.1) is 18.7 Å². The smallest absolute Gasteiger partial charge is 0.380 e. The lowest BCUT2D eigenvalue weighted by molar-refractivity contribution is -0.154. The van der Waals surface area contributed by atoms with Crippen LogP contribution in [-0.2, 0) is 23.4 Å². The van der Waals surface area contributed by atoms with Crippen LogP contribution in [0, 0.1) is 18.3 Å². The van der Waals surface area contributed by atoms with Crippen molar-refractivity contribution in [3.63, 3.8) is 0 Å². The molecule has 1 unspecified atom stereocenters. The van der Waals surface area contributed by atoms with Gasteiger partial charge in [0.1, 0.15) is 24.1 Å². The summed E-state index contributed by atoms with van der Waals surface area (Å²) in [6.45, 7) is 0.943. The van der Waals surface area contributed by atoms with Gasteiger partial charge in [-0.25, -0.2) is 9.36 Å². The number of hydrogen-bond acceptors (Lipinski definition) is 10. The third-order valence-corrected chi connectivity index (χ3v) is 9.33. The molecule has 12 nitrogen and oxygen atoms in total. The Bertz CT molecular complexity index is 1430. The van der Waals surface area contributed by atoms with Crippen molar-refractivity contribution in [1.29, 1.82) is 0 Å². The minimum atomic E-state index is -4.14. The van der Waals surface area contributed by atoms with Crippen molar-refractivity contribution < 1.29 is 38.1 Å². The first kappa shape index (κ1) is 31.0.